The van der Waals surface area contributed by atoms with Gasteiger partial charge in [-0.15, -0.1) is 0 Å². The van der Waals surface area contributed by atoms with Crippen LogP contribution in [0.4, 0.5) is 0 Å². The summed E-state index contributed by atoms with van der Waals surface area (Å²) in [5.41, 5.74) is 0.119. The Morgan fingerprint density at radius 2 is 2.12 bits per heavy atom. The second-order valence-corrected chi connectivity index (χ2v) is 6.64. The first-order valence-corrected chi connectivity index (χ1v) is 7.27. The standard InChI is InChI=1S/C14H26N2O/c1-14(2)6-5-12(17-14)10-16-8-7-15-9-13(16)11-3-4-11/h11-13,15H,3-10H2,1-2H3. The fourth-order valence-corrected chi connectivity index (χ4v) is 3.41. The van der Waals surface area contributed by atoms with Crippen LogP contribution >= 0.6 is 0 Å². The van der Waals surface area contributed by atoms with Gasteiger partial charge in [0, 0.05) is 32.2 Å². The Hall–Kier alpha value is -0.120. The highest BCUT2D eigenvalue weighted by Crippen LogP contribution is 2.37. The molecular weight excluding hydrogens is 212 g/mol. The van der Waals surface area contributed by atoms with E-state index in [1.807, 2.05) is 0 Å². The Labute approximate surface area is 105 Å². The van der Waals surface area contributed by atoms with Gasteiger partial charge in [-0.3, -0.25) is 4.90 Å². The molecule has 2 aliphatic heterocycles. The summed E-state index contributed by atoms with van der Waals surface area (Å²) in [7, 11) is 0. The molecule has 2 unspecified atom stereocenters. The molecule has 98 valence electrons. The topological polar surface area (TPSA) is 24.5 Å². The number of piperazine rings is 1. The molecule has 17 heavy (non-hydrogen) atoms. The molecule has 3 rings (SSSR count). The zero-order valence-electron chi connectivity index (χ0n) is 11.2. The molecule has 3 aliphatic rings. The molecule has 3 nitrogen and oxygen atoms in total. The van der Waals surface area contributed by atoms with Crippen LogP contribution in [0.15, 0.2) is 0 Å². The van der Waals surface area contributed by atoms with Crippen molar-refractivity contribution in [3.8, 4) is 0 Å². The molecule has 0 amide bonds. The highest BCUT2D eigenvalue weighted by atomic mass is 16.5. The van der Waals surface area contributed by atoms with E-state index in [1.54, 1.807) is 0 Å². The normalized spacial score (nSPS) is 38.5. The van der Waals surface area contributed by atoms with Gasteiger partial charge < -0.3 is 10.1 Å². The lowest BCUT2D eigenvalue weighted by Crippen LogP contribution is -2.54. The Morgan fingerprint density at radius 1 is 1.29 bits per heavy atom. The van der Waals surface area contributed by atoms with Gasteiger partial charge in [-0.05, 0) is 45.4 Å². The minimum Gasteiger partial charge on any atom is -0.371 e. The zero-order chi connectivity index (χ0) is 11.9. The van der Waals surface area contributed by atoms with Crippen molar-refractivity contribution in [2.75, 3.05) is 26.2 Å². The van der Waals surface area contributed by atoms with Gasteiger partial charge in [-0.2, -0.15) is 0 Å². The van der Waals surface area contributed by atoms with Crippen LogP contribution in [0.2, 0.25) is 0 Å². The molecule has 0 aromatic heterocycles. The molecule has 3 fully saturated rings. The summed E-state index contributed by atoms with van der Waals surface area (Å²) in [5.74, 6) is 0.970. The summed E-state index contributed by atoms with van der Waals surface area (Å²) < 4.78 is 6.14. The van der Waals surface area contributed by atoms with Gasteiger partial charge in [0.05, 0.1) is 11.7 Å². The van der Waals surface area contributed by atoms with E-state index in [4.69, 9.17) is 4.74 Å². The summed E-state index contributed by atoms with van der Waals surface area (Å²) in [4.78, 5) is 2.69. The molecule has 1 aliphatic carbocycles. The fourth-order valence-electron chi connectivity index (χ4n) is 3.41. The van der Waals surface area contributed by atoms with Crippen molar-refractivity contribution in [3.05, 3.63) is 0 Å². The zero-order valence-corrected chi connectivity index (χ0v) is 11.2. The van der Waals surface area contributed by atoms with E-state index in [1.165, 1.54) is 38.8 Å². The average molecular weight is 238 g/mol. The number of hydrogen-bond acceptors (Lipinski definition) is 3. The lowest BCUT2D eigenvalue weighted by Gasteiger charge is -2.38. The first kappa shape index (κ1) is 11.9. The number of nitrogens with one attached hydrogen (secondary N) is 1. The Bertz CT molecular complexity index is 275. The van der Waals surface area contributed by atoms with Gasteiger partial charge >= 0.3 is 0 Å². The molecule has 0 radical (unpaired) electrons. The lowest BCUT2D eigenvalue weighted by atomic mass is 10.0. The van der Waals surface area contributed by atoms with E-state index in [9.17, 15) is 0 Å². The first-order chi connectivity index (χ1) is 8.14. The van der Waals surface area contributed by atoms with E-state index in [0.717, 1.165) is 25.0 Å². The lowest BCUT2D eigenvalue weighted by molar-refractivity contribution is -0.0373. The van der Waals surface area contributed by atoms with Crippen LogP contribution in [0.5, 0.6) is 0 Å². The van der Waals surface area contributed by atoms with Gasteiger partial charge in [-0.1, -0.05) is 0 Å². The van der Waals surface area contributed by atoms with Crippen LogP contribution in [0, 0.1) is 5.92 Å². The van der Waals surface area contributed by atoms with E-state index in [0.29, 0.717) is 6.10 Å². The van der Waals surface area contributed by atoms with Crippen molar-refractivity contribution < 1.29 is 4.74 Å². The molecule has 0 aromatic carbocycles. The third kappa shape index (κ3) is 2.83. The Kier molecular flexibility index (Phi) is 3.18. The highest BCUT2D eigenvalue weighted by molar-refractivity contribution is 4.94. The maximum atomic E-state index is 6.14. The number of nitrogens with zero attached hydrogens (tertiary/aromatic N) is 1. The second kappa shape index (κ2) is 4.52. The third-order valence-corrected chi connectivity index (χ3v) is 4.56. The summed E-state index contributed by atoms with van der Waals surface area (Å²) in [6, 6.07) is 0.788. The monoisotopic (exact) mass is 238 g/mol. The average Bonchev–Trinajstić information content (AvgIpc) is 3.06. The largest absolute Gasteiger partial charge is 0.371 e. The number of hydrogen-bond donors (Lipinski definition) is 1. The first-order valence-electron chi connectivity index (χ1n) is 7.27. The SMILES string of the molecule is CC1(C)CCC(CN2CCNCC2C2CC2)O1. The van der Waals surface area contributed by atoms with Crippen molar-refractivity contribution in [3.63, 3.8) is 0 Å². The molecule has 0 spiro atoms. The molecule has 2 atom stereocenters. The molecule has 0 bridgehead atoms. The van der Waals surface area contributed by atoms with Gasteiger partial charge in [-0.25, -0.2) is 0 Å². The van der Waals surface area contributed by atoms with Crippen LogP contribution in [0.1, 0.15) is 39.5 Å². The Morgan fingerprint density at radius 3 is 2.76 bits per heavy atom. The molecule has 2 heterocycles. The van der Waals surface area contributed by atoms with Gasteiger partial charge in [0.2, 0.25) is 0 Å². The summed E-state index contributed by atoms with van der Waals surface area (Å²) in [6.45, 7) is 9.17. The van der Waals surface area contributed by atoms with Crippen molar-refractivity contribution >= 4 is 0 Å². The molecule has 0 aromatic rings. The Balaban J connectivity index is 1.56. The van der Waals surface area contributed by atoms with E-state index >= 15 is 0 Å². The van der Waals surface area contributed by atoms with Gasteiger partial charge in [0.25, 0.3) is 0 Å². The maximum Gasteiger partial charge on any atom is 0.0710 e. The van der Waals surface area contributed by atoms with Gasteiger partial charge in [0.1, 0.15) is 0 Å². The second-order valence-electron chi connectivity index (χ2n) is 6.64. The maximum absolute atomic E-state index is 6.14. The molecule has 1 N–H and O–H groups in total. The van der Waals surface area contributed by atoms with Gasteiger partial charge in [0.15, 0.2) is 0 Å². The van der Waals surface area contributed by atoms with Crippen molar-refractivity contribution in [1.29, 1.82) is 0 Å². The van der Waals surface area contributed by atoms with Crippen molar-refractivity contribution in [1.82, 2.24) is 10.2 Å². The van der Waals surface area contributed by atoms with Crippen LogP contribution < -0.4 is 5.32 Å². The third-order valence-electron chi connectivity index (χ3n) is 4.56. The fraction of sp³-hybridized carbons (Fsp3) is 1.00. The number of ether oxygens (including phenoxy) is 1. The van der Waals surface area contributed by atoms with Crippen LogP contribution in [-0.2, 0) is 4.74 Å². The minimum absolute atomic E-state index is 0.119. The predicted octanol–water partition coefficient (Wildman–Crippen LogP) is 1.63. The molecule has 1 saturated carbocycles. The molecular formula is C14H26N2O. The van der Waals surface area contributed by atoms with Crippen LogP contribution in [0.3, 0.4) is 0 Å². The predicted molar refractivity (Wildman–Crippen MR) is 69.1 cm³/mol. The van der Waals surface area contributed by atoms with E-state index in [2.05, 4.69) is 24.1 Å². The quantitative estimate of drug-likeness (QED) is 0.809. The van der Waals surface area contributed by atoms with Crippen LogP contribution in [0.25, 0.3) is 0 Å². The summed E-state index contributed by atoms with van der Waals surface area (Å²) in [5, 5.41) is 3.54. The van der Waals surface area contributed by atoms with Crippen molar-refractivity contribution in [2.24, 2.45) is 5.92 Å². The van der Waals surface area contributed by atoms with Crippen molar-refractivity contribution in [2.45, 2.75) is 57.3 Å². The summed E-state index contributed by atoms with van der Waals surface area (Å²) in [6.07, 6.45) is 5.83. The number of rotatable bonds is 3. The van der Waals surface area contributed by atoms with E-state index < -0.39 is 0 Å². The molecule has 3 heteroatoms. The summed E-state index contributed by atoms with van der Waals surface area (Å²) >= 11 is 0. The van der Waals surface area contributed by atoms with Crippen LogP contribution in [-0.4, -0.2) is 48.8 Å². The van der Waals surface area contributed by atoms with E-state index in [-0.39, 0.29) is 5.60 Å². The minimum atomic E-state index is 0.119. The highest BCUT2D eigenvalue weighted by Gasteiger charge is 2.39. The smallest absolute Gasteiger partial charge is 0.0710 e. The molecule has 2 saturated heterocycles.